The molecule has 0 fully saturated rings. The van der Waals surface area contributed by atoms with Gasteiger partial charge in [-0.3, -0.25) is 4.79 Å². The van der Waals surface area contributed by atoms with Crippen LogP contribution in [0.3, 0.4) is 0 Å². The van der Waals surface area contributed by atoms with E-state index in [1.165, 1.54) is 0 Å². The van der Waals surface area contributed by atoms with Crippen molar-refractivity contribution in [2.75, 3.05) is 6.54 Å². The number of nitrogens with two attached hydrogens (primary N) is 1. The molecular weight excluding hydrogens is 248 g/mol. The molecule has 0 aliphatic carbocycles. The van der Waals surface area contributed by atoms with E-state index in [2.05, 4.69) is 45.1 Å². The van der Waals surface area contributed by atoms with Gasteiger partial charge in [0.1, 0.15) is 0 Å². The number of amides is 1. The number of hydrogen-bond acceptors (Lipinski definition) is 2. The lowest BCUT2D eigenvalue weighted by Crippen LogP contribution is -2.36. The molecule has 0 bridgehead atoms. The predicted octanol–water partition coefficient (Wildman–Crippen LogP) is 3.27. The number of carbonyl (C=O) groups is 1. The van der Waals surface area contributed by atoms with Crippen LogP contribution in [-0.4, -0.2) is 12.5 Å². The van der Waals surface area contributed by atoms with E-state index in [1.807, 2.05) is 18.2 Å². The molecule has 112 valence electrons. The van der Waals surface area contributed by atoms with Gasteiger partial charge in [-0.1, -0.05) is 58.0 Å². The zero-order valence-corrected chi connectivity index (χ0v) is 13.1. The monoisotopic (exact) mass is 276 g/mol. The van der Waals surface area contributed by atoms with Crippen LogP contribution in [0, 0.1) is 11.3 Å². The Labute approximate surface area is 122 Å². The third-order valence-electron chi connectivity index (χ3n) is 3.57. The van der Waals surface area contributed by atoms with E-state index in [4.69, 9.17) is 5.73 Å². The molecule has 1 rings (SSSR count). The van der Waals surface area contributed by atoms with Gasteiger partial charge in [0.2, 0.25) is 5.91 Å². The molecule has 0 radical (unpaired) electrons. The van der Waals surface area contributed by atoms with Crippen LogP contribution in [0.15, 0.2) is 30.3 Å². The second kappa shape index (κ2) is 7.44. The Balaban J connectivity index is 2.70. The third-order valence-corrected chi connectivity index (χ3v) is 3.57. The maximum absolute atomic E-state index is 12.1. The molecule has 0 spiro atoms. The van der Waals surface area contributed by atoms with Gasteiger partial charge in [-0.25, -0.2) is 0 Å². The summed E-state index contributed by atoms with van der Waals surface area (Å²) in [7, 11) is 0. The summed E-state index contributed by atoms with van der Waals surface area (Å²) in [5, 5.41) is 3.17. The fourth-order valence-corrected chi connectivity index (χ4v) is 2.17. The van der Waals surface area contributed by atoms with Gasteiger partial charge in [-0.15, -0.1) is 0 Å². The van der Waals surface area contributed by atoms with Crippen molar-refractivity contribution in [2.45, 2.75) is 46.6 Å². The van der Waals surface area contributed by atoms with Gasteiger partial charge in [-0.05, 0) is 29.9 Å². The molecule has 3 nitrogen and oxygen atoms in total. The van der Waals surface area contributed by atoms with E-state index in [0.717, 1.165) is 12.0 Å². The van der Waals surface area contributed by atoms with Crippen LogP contribution in [0.25, 0.3) is 0 Å². The van der Waals surface area contributed by atoms with Crippen molar-refractivity contribution in [3.8, 4) is 0 Å². The molecule has 20 heavy (non-hydrogen) atoms. The number of nitrogens with one attached hydrogen (secondary N) is 1. The Morgan fingerprint density at radius 3 is 2.35 bits per heavy atom. The van der Waals surface area contributed by atoms with Crippen LogP contribution in [0.4, 0.5) is 0 Å². The molecule has 0 heterocycles. The Hall–Kier alpha value is -1.35. The van der Waals surface area contributed by atoms with Gasteiger partial charge >= 0.3 is 0 Å². The standard InChI is InChI=1S/C17H28N2O/c1-13(12-18)10-11-15(20)19-16(17(2,3)4)14-8-6-5-7-9-14/h5-9,13,16H,10-12,18H2,1-4H3,(H,19,20). The number of benzene rings is 1. The second-order valence-electron chi connectivity index (χ2n) is 6.66. The predicted molar refractivity (Wildman–Crippen MR) is 84.2 cm³/mol. The topological polar surface area (TPSA) is 55.1 Å². The highest BCUT2D eigenvalue weighted by Crippen LogP contribution is 2.32. The van der Waals surface area contributed by atoms with E-state index in [-0.39, 0.29) is 17.4 Å². The molecule has 0 saturated carbocycles. The summed E-state index contributed by atoms with van der Waals surface area (Å²) in [4.78, 5) is 12.1. The maximum Gasteiger partial charge on any atom is 0.220 e. The molecule has 0 aliphatic rings. The van der Waals surface area contributed by atoms with Crippen LogP contribution in [0.5, 0.6) is 0 Å². The average molecular weight is 276 g/mol. The van der Waals surface area contributed by atoms with Gasteiger partial charge in [0.15, 0.2) is 0 Å². The van der Waals surface area contributed by atoms with E-state index in [0.29, 0.717) is 18.9 Å². The molecule has 3 heteroatoms. The van der Waals surface area contributed by atoms with Crippen LogP contribution in [-0.2, 0) is 4.79 Å². The summed E-state index contributed by atoms with van der Waals surface area (Å²) in [5.41, 5.74) is 6.72. The van der Waals surface area contributed by atoms with Crippen LogP contribution in [0.1, 0.15) is 52.1 Å². The summed E-state index contributed by atoms with van der Waals surface area (Å²) in [6.45, 7) is 9.15. The first-order chi connectivity index (χ1) is 9.34. The molecule has 0 aromatic heterocycles. The highest BCUT2D eigenvalue weighted by atomic mass is 16.1. The van der Waals surface area contributed by atoms with E-state index in [9.17, 15) is 4.79 Å². The minimum Gasteiger partial charge on any atom is -0.349 e. The first kappa shape index (κ1) is 16.7. The highest BCUT2D eigenvalue weighted by Gasteiger charge is 2.27. The Morgan fingerprint density at radius 1 is 1.25 bits per heavy atom. The lowest BCUT2D eigenvalue weighted by molar-refractivity contribution is -0.122. The summed E-state index contributed by atoms with van der Waals surface area (Å²) in [6, 6.07) is 10.2. The third kappa shape index (κ3) is 5.33. The first-order valence-corrected chi connectivity index (χ1v) is 7.39. The van der Waals surface area contributed by atoms with Crippen LogP contribution in [0.2, 0.25) is 0 Å². The van der Waals surface area contributed by atoms with Crippen molar-refractivity contribution < 1.29 is 4.79 Å². The summed E-state index contributed by atoms with van der Waals surface area (Å²) >= 11 is 0. The summed E-state index contributed by atoms with van der Waals surface area (Å²) in [6.07, 6.45) is 1.38. The first-order valence-electron chi connectivity index (χ1n) is 7.39. The molecule has 1 amide bonds. The molecule has 0 aliphatic heterocycles. The van der Waals surface area contributed by atoms with E-state index >= 15 is 0 Å². The lowest BCUT2D eigenvalue weighted by atomic mass is 9.82. The maximum atomic E-state index is 12.1. The molecule has 1 aromatic rings. The van der Waals surface area contributed by atoms with Gasteiger partial charge in [-0.2, -0.15) is 0 Å². The molecule has 3 N–H and O–H groups in total. The normalized spacial score (nSPS) is 14.7. The summed E-state index contributed by atoms with van der Waals surface area (Å²) < 4.78 is 0. The van der Waals surface area contributed by atoms with Gasteiger partial charge in [0.05, 0.1) is 6.04 Å². The highest BCUT2D eigenvalue weighted by molar-refractivity contribution is 5.76. The minimum absolute atomic E-state index is 0.0174. The van der Waals surface area contributed by atoms with Crippen molar-refractivity contribution in [1.29, 1.82) is 0 Å². The largest absolute Gasteiger partial charge is 0.349 e. The Morgan fingerprint density at radius 2 is 1.85 bits per heavy atom. The van der Waals surface area contributed by atoms with E-state index in [1.54, 1.807) is 0 Å². The molecule has 2 unspecified atom stereocenters. The molecule has 1 aromatic carbocycles. The molecule has 2 atom stereocenters. The van der Waals surface area contributed by atoms with Gasteiger partial charge in [0.25, 0.3) is 0 Å². The number of hydrogen-bond donors (Lipinski definition) is 2. The Bertz CT molecular complexity index is 409. The van der Waals surface area contributed by atoms with Crippen molar-refractivity contribution in [2.24, 2.45) is 17.1 Å². The van der Waals surface area contributed by atoms with Crippen molar-refractivity contribution in [3.63, 3.8) is 0 Å². The van der Waals surface area contributed by atoms with Crippen LogP contribution < -0.4 is 11.1 Å². The number of carbonyl (C=O) groups excluding carboxylic acids is 1. The van der Waals surface area contributed by atoms with Crippen molar-refractivity contribution >= 4 is 5.91 Å². The van der Waals surface area contributed by atoms with E-state index < -0.39 is 0 Å². The van der Waals surface area contributed by atoms with Gasteiger partial charge < -0.3 is 11.1 Å². The second-order valence-corrected chi connectivity index (χ2v) is 6.66. The zero-order chi connectivity index (χ0) is 15.2. The minimum atomic E-state index is -0.0174. The SMILES string of the molecule is CC(CN)CCC(=O)NC(c1ccccc1)C(C)(C)C. The smallest absolute Gasteiger partial charge is 0.220 e. The Kier molecular flexibility index (Phi) is 6.21. The summed E-state index contributed by atoms with van der Waals surface area (Å²) in [5.74, 6) is 0.500. The van der Waals surface area contributed by atoms with Crippen LogP contribution >= 0.6 is 0 Å². The van der Waals surface area contributed by atoms with Crippen molar-refractivity contribution in [1.82, 2.24) is 5.32 Å². The quantitative estimate of drug-likeness (QED) is 0.838. The van der Waals surface area contributed by atoms with Gasteiger partial charge in [0, 0.05) is 6.42 Å². The fraction of sp³-hybridized carbons (Fsp3) is 0.588. The lowest BCUT2D eigenvalue weighted by Gasteiger charge is -2.32. The zero-order valence-electron chi connectivity index (χ0n) is 13.1. The average Bonchev–Trinajstić information content (AvgIpc) is 2.41. The number of rotatable bonds is 6. The molecule has 0 saturated heterocycles. The fourth-order valence-electron chi connectivity index (χ4n) is 2.17. The molecular formula is C17H28N2O. The van der Waals surface area contributed by atoms with Crippen molar-refractivity contribution in [3.05, 3.63) is 35.9 Å².